The summed E-state index contributed by atoms with van der Waals surface area (Å²) in [7, 11) is 0. The van der Waals surface area contributed by atoms with Crippen molar-refractivity contribution in [3.05, 3.63) is 261 Å². The molecular weight excluding hydrogens is 691 g/mol. The van der Waals surface area contributed by atoms with Gasteiger partial charge in [0.2, 0.25) is 0 Å². The summed E-state index contributed by atoms with van der Waals surface area (Å²) < 4.78 is 0. The third kappa shape index (κ3) is 6.34. The molecule has 0 fully saturated rings. The number of hydrogen-bond acceptors (Lipinski definition) is 0. The van der Waals surface area contributed by atoms with Gasteiger partial charge in [0.05, 0.1) is 11.8 Å². The maximum atomic E-state index is 4.06. The molecule has 4 atom stereocenters. The molecule has 3 N–H and O–H groups in total. The Morgan fingerprint density at radius 1 is 0.316 bits per heavy atom. The minimum absolute atomic E-state index is 0.000588. The highest BCUT2D eigenvalue weighted by molar-refractivity contribution is 5.79. The van der Waals surface area contributed by atoms with Gasteiger partial charge in [0.1, 0.15) is 0 Å². The molecule has 0 saturated carbocycles. The average molecular weight is 738 g/mol. The van der Waals surface area contributed by atoms with E-state index in [2.05, 4.69) is 224 Å². The molecule has 57 heavy (non-hydrogen) atoms. The van der Waals surface area contributed by atoms with Crippen LogP contribution >= 0.6 is 0 Å². The lowest BCUT2D eigenvalue weighted by Gasteiger charge is -2.21. The van der Waals surface area contributed by atoms with Crippen LogP contribution < -0.4 is 0 Å². The summed E-state index contributed by atoms with van der Waals surface area (Å²) >= 11 is 0. The molecule has 4 aromatic carbocycles. The van der Waals surface area contributed by atoms with E-state index in [0.717, 1.165) is 22.8 Å². The first-order valence-corrected chi connectivity index (χ1v) is 20.2. The molecule has 7 aromatic rings. The lowest BCUT2D eigenvalue weighted by molar-refractivity contribution is 0.591. The van der Waals surface area contributed by atoms with Gasteiger partial charge >= 0.3 is 0 Å². The molecule has 4 unspecified atom stereocenters. The molecule has 3 aliphatic rings. The molecular formula is C54H47N3. The molecule has 0 radical (unpaired) electrons. The van der Waals surface area contributed by atoms with Gasteiger partial charge < -0.3 is 15.0 Å². The zero-order valence-corrected chi connectivity index (χ0v) is 32.7. The van der Waals surface area contributed by atoms with Crippen molar-refractivity contribution in [2.45, 2.75) is 49.9 Å². The maximum Gasteiger partial charge on any atom is 0.0641 e. The lowest BCUT2D eigenvalue weighted by Crippen LogP contribution is -2.10. The Morgan fingerprint density at radius 2 is 0.596 bits per heavy atom. The van der Waals surface area contributed by atoms with Crippen LogP contribution in [0.15, 0.2) is 188 Å². The van der Waals surface area contributed by atoms with Crippen LogP contribution in [-0.2, 0) is 5.41 Å². The van der Waals surface area contributed by atoms with Gasteiger partial charge in [0, 0.05) is 46.0 Å². The summed E-state index contributed by atoms with van der Waals surface area (Å²) in [5.41, 5.74) is 18.5. The fraction of sp³-hybridized carbons (Fsp3) is 0.148. The Hall–Kier alpha value is -6.58. The summed E-state index contributed by atoms with van der Waals surface area (Å²) in [4.78, 5) is 12.1. The number of benzene rings is 4. The predicted molar refractivity (Wildman–Crippen MR) is 234 cm³/mol. The molecule has 8 bridgehead atoms. The minimum Gasteiger partial charge on any atom is -0.361 e. The summed E-state index contributed by atoms with van der Waals surface area (Å²) in [6, 6.07) is 69.7. The topological polar surface area (TPSA) is 47.4 Å². The second-order valence-electron chi connectivity index (χ2n) is 16.7. The van der Waals surface area contributed by atoms with E-state index >= 15 is 0 Å². The van der Waals surface area contributed by atoms with Crippen LogP contribution in [-0.4, -0.2) is 15.0 Å². The Morgan fingerprint density at radius 3 is 0.895 bits per heavy atom. The van der Waals surface area contributed by atoms with Crippen molar-refractivity contribution in [3.8, 4) is 11.1 Å². The van der Waals surface area contributed by atoms with E-state index in [1.807, 2.05) is 0 Å². The highest BCUT2D eigenvalue weighted by atomic mass is 14.8. The van der Waals surface area contributed by atoms with E-state index < -0.39 is 0 Å². The monoisotopic (exact) mass is 737 g/mol. The van der Waals surface area contributed by atoms with Gasteiger partial charge in [-0.3, -0.25) is 0 Å². The van der Waals surface area contributed by atoms with Crippen LogP contribution in [0.1, 0.15) is 118 Å². The smallest absolute Gasteiger partial charge is 0.0641 e. The number of rotatable bonds is 4. The normalized spacial score (nSPS) is 18.1. The second kappa shape index (κ2) is 14.2. The highest BCUT2D eigenvalue weighted by Crippen LogP contribution is 2.48. The largest absolute Gasteiger partial charge is 0.361 e. The summed E-state index contributed by atoms with van der Waals surface area (Å²) in [5, 5.41) is 0. The summed E-state index contributed by atoms with van der Waals surface area (Å²) in [6.07, 6.45) is 0. The Labute approximate surface area is 335 Å². The van der Waals surface area contributed by atoms with Crippen LogP contribution in [0.4, 0.5) is 0 Å². The minimum atomic E-state index is -0.0293. The molecule has 3 heteroatoms. The first kappa shape index (κ1) is 34.9. The van der Waals surface area contributed by atoms with Gasteiger partial charge in [-0.25, -0.2) is 0 Å². The molecule has 4 heterocycles. The van der Waals surface area contributed by atoms with E-state index in [9.17, 15) is 0 Å². The van der Waals surface area contributed by atoms with Crippen molar-refractivity contribution < 1.29 is 0 Å². The zero-order chi connectivity index (χ0) is 38.5. The van der Waals surface area contributed by atoms with Crippen molar-refractivity contribution >= 4 is 0 Å². The van der Waals surface area contributed by atoms with Crippen LogP contribution in [0.25, 0.3) is 11.1 Å². The molecule has 0 saturated heterocycles. The molecule has 0 spiro atoms. The fourth-order valence-corrected chi connectivity index (χ4v) is 9.37. The molecule has 278 valence electrons. The molecule has 3 nitrogen and oxygen atoms in total. The third-order valence-corrected chi connectivity index (χ3v) is 12.2. The number of aromatic nitrogens is 3. The highest BCUT2D eigenvalue weighted by Gasteiger charge is 2.33. The van der Waals surface area contributed by atoms with Crippen molar-refractivity contribution in [3.63, 3.8) is 0 Å². The van der Waals surface area contributed by atoms with Gasteiger partial charge in [-0.2, -0.15) is 0 Å². The lowest BCUT2D eigenvalue weighted by atomic mass is 9.86. The number of nitrogens with one attached hydrogen (secondary N) is 3. The number of hydrogen-bond donors (Lipinski definition) is 3. The second-order valence-corrected chi connectivity index (χ2v) is 16.7. The average Bonchev–Trinajstić information content (AvgIpc) is 4.04. The predicted octanol–water partition coefficient (Wildman–Crippen LogP) is 13.1. The quantitative estimate of drug-likeness (QED) is 0.161. The van der Waals surface area contributed by atoms with E-state index in [0.29, 0.717) is 0 Å². The van der Waals surface area contributed by atoms with Crippen LogP contribution in [0, 0.1) is 0 Å². The first-order valence-electron chi connectivity index (χ1n) is 20.2. The van der Waals surface area contributed by atoms with Gasteiger partial charge in [-0.05, 0) is 91.9 Å². The Bertz CT molecular complexity index is 2550. The SMILES string of the molecule is CC(C)(C)c1ccc2c3cc(c-2cc1)C(c1ccccc1)c1ccc([nH]1)C(c1ccccc1)c1ccc([nH]1)C(c1ccccc1)c1ccc([nH]1)C3c1ccccc1. The van der Waals surface area contributed by atoms with Gasteiger partial charge in [0.15, 0.2) is 0 Å². The Balaban J connectivity index is 1.30. The van der Waals surface area contributed by atoms with Crippen molar-refractivity contribution in [1.29, 1.82) is 0 Å². The number of fused-ring (bicyclic) bond motifs is 11. The van der Waals surface area contributed by atoms with E-state index in [-0.39, 0.29) is 29.1 Å². The molecule has 10 rings (SSSR count). The number of H-pyrrole nitrogens is 3. The maximum absolute atomic E-state index is 4.06. The van der Waals surface area contributed by atoms with Crippen LogP contribution in [0.2, 0.25) is 0 Å². The number of aromatic amines is 3. The van der Waals surface area contributed by atoms with E-state index in [4.69, 9.17) is 0 Å². The Kier molecular flexibility index (Phi) is 8.67. The van der Waals surface area contributed by atoms with Crippen molar-refractivity contribution in [2.75, 3.05) is 0 Å². The van der Waals surface area contributed by atoms with Crippen molar-refractivity contribution in [1.82, 2.24) is 15.0 Å². The van der Waals surface area contributed by atoms with Gasteiger partial charge in [-0.1, -0.05) is 172 Å². The molecule has 3 aromatic heterocycles. The summed E-state index contributed by atoms with van der Waals surface area (Å²) in [5.74, 6) is -0.0953. The van der Waals surface area contributed by atoms with Gasteiger partial charge in [0.25, 0.3) is 0 Å². The van der Waals surface area contributed by atoms with Crippen molar-refractivity contribution in [2.24, 2.45) is 0 Å². The third-order valence-electron chi connectivity index (χ3n) is 12.2. The molecule has 0 amide bonds. The van der Waals surface area contributed by atoms with Gasteiger partial charge in [-0.15, -0.1) is 0 Å². The summed E-state index contributed by atoms with van der Waals surface area (Å²) in [6.45, 7) is 6.91. The standard InChI is InChI=1S/C54H47N3/c1-54(2,3)39-24-26-40-41(27-25-39)43-34-42(40)50(35-16-8-4-9-17-35)44-28-30-46(55-44)52(37-20-12-6-13-21-37)48-32-33-49(57-48)53(38-22-14-7-15-23-38)47-31-29-45(56-47)51(43)36-18-10-5-11-19-36/h4-34,50-53,55-57H,1-3H3. The molecule has 1 aliphatic heterocycles. The van der Waals surface area contributed by atoms with E-state index in [1.54, 1.807) is 0 Å². The molecule has 2 aliphatic carbocycles. The fourth-order valence-electron chi connectivity index (χ4n) is 9.37. The van der Waals surface area contributed by atoms with Crippen LogP contribution in [0.5, 0.6) is 0 Å². The zero-order valence-electron chi connectivity index (χ0n) is 32.7. The first-order chi connectivity index (χ1) is 27.9. The van der Waals surface area contributed by atoms with Crippen LogP contribution in [0.3, 0.4) is 0 Å². The van der Waals surface area contributed by atoms with E-state index in [1.165, 1.54) is 61.5 Å².